The minimum absolute atomic E-state index is 0.0537. The Labute approximate surface area is 187 Å². The maximum absolute atomic E-state index is 13.0. The summed E-state index contributed by atoms with van der Waals surface area (Å²) in [5, 5.41) is 12.1. The van der Waals surface area contributed by atoms with Crippen LogP contribution in [0, 0.1) is 17.1 Å². The van der Waals surface area contributed by atoms with E-state index in [2.05, 4.69) is 21.2 Å². The maximum Gasteiger partial charge on any atom is 0.266 e. The van der Waals surface area contributed by atoms with Gasteiger partial charge >= 0.3 is 0 Å². The molecule has 0 bridgehead atoms. The van der Waals surface area contributed by atoms with E-state index < -0.39 is 5.91 Å². The molecule has 1 N–H and O–H groups in total. The van der Waals surface area contributed by atoms with Gasteiger partial charge in [0.1, 0.15) is 24.1 Å². The highest BCUT2D eigenvalue weighted by Crippen LogP contribution is 2.30. The predicted molar refractivity (Wildman–Crippen MR) is 120 cm³/mol. The van der Waals surface area contributed by atoms with Crippen LogP contribution in [-0.2, 0) is 11.4 Å². The molecule has 7 heteroatoms. The van der Waals surface area contributed by atoms with Gasteiger partial charge in [-0.25, -0.2) is 4.39 Å². The lowest BCUT2D eigenvalue weighted by molar-refractivity contribution is -0.112. The average molecular weight is 481 g/mol. The second-order valence-corrected chi connectivity index (χ2v) is 7.38. The zero-order valence-electron chi connectivity index (χ0n) is 16.6. The molecule has 156 valence electrons. The monoisotopic (exact) mass is 480 g/mol. The van der Waals surface area contributed by atoms with Crippen LogP contribution in [0.5, 0.6) is 11.5 Å². The molecule has 5 nitrogen and oxygen atoms in total. The molecule has 0 aliphatic carbocycles. The third-order valence-electron chi connectivity index (χ3n) is 4.25. The molecule has 3 aromatic rings. The van der Waals surface area contributed by atoms with Crippen LogP contribution in [0.3, 0.4) is 0 Å². The van der Waals surface area contributed by atoms with Crippen LogP contribution >= 0.6 is 15.9 Å². The van der Waals surface area contributed by atoms with E-state index in [0.717, 1.165) is 10.0 Å². The number of methoxy groups -OCH3 is 1. The first kappa shape index (κ1) is 22.1. The van der Waals surface area contributed by atoms with Crippen molar-refractivity contribution in [2.75, 3.05) is 12.4 Å². The summed E-state index contributed by atoms with van der Waals surface area (Å²) in [6.07, 6.45) is 1.47. The van der Waals surface area contributed by atoms with E-state index in [-0.39, 0.29) is 18.0 Å². The Bertz CT molecular complexity index is 1150. The van der Waals surface area contributed by atoms with Crippen molar-refractivity contribution in [2.45, 2.75) is 6.61 Å². The van der Waals surface area contributed by atoms with E-state index in [0.29, 0.717) is 22.7 Å². The number of ether oxygens (including phenoxy) is 2. The van der Waals surface area contributed by atoms with Crippen LogP contribution in [-0.4, -0.2) is 13.0 Å². The lowest BCUT2D eigenvalue weighted by Crippen LogP contribution is -2.13. The number of anilines is 1. The first-order valence-corrected chi connectivity index (χ1v) is 10.0. The maximum atomic E-state index is 13.0. The van der Waals surface area contributed by atoms with Crippen molar-refractivity contribution in [1.82, 2.24) is 0 Å². The highest BCUT2D eigenvalue weighted by molar-refractivity contribution is 9.10. The van der Waals surface area contributed by atoms with Crippen molar-refractivity contribution >= 4 is 33.6 Å². The summed E-state index contributed by atoms with van der Waals surface area (Å²) in [6, 6.07) is 20.1. The Morgan fingerprint density at radius 1 is 1.13 bits per heavy atom. The molecule has 0 spiro atoms. The third-order valence-corrected chi connectivity index (χ3v) is 4.75. The molecule has 31 heavy (non-hydrogen) atoms. The van der Waals surface area contributed by atoms with Crippen molar-refractivity contribution in [3.8, 4) is 17.6 Å². The standard InChI is InChI=1S/C24H18BrFN2O3/c1-30-23-12-17(7-10-22(23)31-15-16-5-8-20(26)9-6-16)11-18(14-27)24(29)28-21-4-2-3-19(25)13-21/h2-13H,15H2,1H3,(H,28,29)/b18-11-. The SMILES string of the molecule is COc1cc(/C=C(/C#N)C(=O)Nc2cccc(Br)c2)ccc1OCc1ccc(F)cc1. The summed E-state index contributed by atoms with van der Waals surface area (Å²) in [4.78, 5) is 12.5. The van der Waals surface area contributed by atoms with E-state index in [1.165, 1.54) is 25.3 Å². The van der Waals surface area contributed by atoms with Gasteiger partial charge in [0.15, 0.2) is 11.5 Å². The normalized spacial score (nSPS) is 10.8. The number of carbonyl (C=O) groups is 1. The summed E-state index contributed by atoms with van der Waals surface area (Å²) >= 11 is 3.34. The quantitative estimate of drug-likeness (QED) is 0.346. The molecule has 0 saturated heterocycles. The zero-order chi connectivity index (χ0) is 22.2. The average Bonchev–Trinajstić information content (AvgIpc) is 2.77. The Hall–Kier alpha value is -3.63. The van der Waals surface area contributed by atoms with Crippen LogP contribution in [0.25, 0.3) is 6.08 Å². The van der Waals surface area contributed by atoms with E-state index >= 15 is 0 Å². The molecule has 0 heterocycles. The number of nitriles is 1. The summed E-state index contributed by atoms with van der Waals surface area (Å²) in [7, 11) is 1.50. The fourth-order valence-corrected chi connectivity index (χ4v) is 3.11. The number of nitrogens with zero attached hydrogens (tertiary/aromatic N) is 1. The summed E-state index contributed by atoms with van der Waals surface area (Å²) in [5.74, 6) is 0.104. The van der Waals surface area contributed by atoms with Crippen LogP contribution in [0.1, 0.15) is 11.1 Å². The van der Waals surface area contributed by atoms with E-state index in [9.17, 15) is 14.4 Å². The number of halogens is 2. The largest absolute Gasteiger partial charge is 0.493 e. The number of rotatable bonds is 7. The van der Waals surface area contributed by atoms with Crippen molar-refractivity contribution in [3.05, 3.63) is 93.7 Å². The number of hydrogen-bond donors (Lipinski definition) is 1. The van der Waals surface area contributed by atoms with E-state index in [4.69, 9.17) is 9.47 Å². The Morgan fingerprint density at radius 2 is 1.90 bits per heavy atom. The molecule has 0 fully saturated rings. The third kappa shape index (κ3) is 6.17. The zero-order valence-corrected chi connectivity index (χ0v) is 18.1. The predicted octanol–water partition coefficient (Wildman–Crippen LogP) is 5.72. The van der Waals surface area contributed by atoms with Gasteiger partial charge in [-0.2, -0.15) is 5.26 Å². The fourth-order valence-electron chi connectivity index (χ4n) is 2.71. The Morgan fingerprint density at radius 3 is 2.58 bits per heavy atom. The van der Waals surface area contributed by atoms with Gasteiger partial charge in [-0.1, -0.05) is 40.2 Å². The molecular formula is C24H18BrFN2O3. The molecule has 3 rings (SSSR count). The van der Waals surface area contributed by atoms with Crippen LogP contribution in [0.15, 0.2) is 76.8 Å². The summed E-state index contributed by atoms with van der Waals surface area (Å²) in [6.45, 7) is 0.240. The molecule has 0 aromatic heterocycles. The lowest BCUT2D eigenvalue weighted by Gasteiger charge is -2.12. The van der Waals surface area contributed by atoms with Gasteiger partial charge in [0.05, 0.1) is 7.11 Å². The van der Waals surface area contributed by atoms with Crippen LogP contribution in [0.4, 0.5) is 10.1 Å². The highest BCUT2D eigenvalue weighted by atomic mass is 79.9. The first-order valence-electron chi connectivity index (χ1n) is 9.22. The summed E-state index contributed by atoms with van der Waals surface area (Å²) < 4.78 is 25.0. The number of hydrogen-bond acceptors (Lipinski definition) is 4. The highest BCUT2D eigenvalue weighted by Gasteiger charge is 2.12. The molecular weight excluding hydrogens is 463 g/mol. The number of nitrogens with one attached hydrogen (secondary N) is 1. The Kier molecular flexibility index (Phi) is 7.41. The van der Waals surface area contributed by atoms with Gasteiger partial charge in [0.25, 0.3) is 5.91 Å². The van der Waals surface area contributed by atoms with Gasteiger partial charge in [-0.15, -0.1) is 0 Å². The second kappa shape index (κ2) is 10.4. The van der Waals surface area contributed by atoms with Crippen molar-refractivity contribution in [2.24, 2.45) is 0 Å². The molecule has 0 unspecified atom stereocenters. The van der Waals surface area contributed by atoms with Crippen molar-refractivity contribution in [1.29, 1.82) is 5.26 Å². The minimum atomic E-state index is -0.517. The smallest absolute Gasteiger partial charge is 0.266 e. The number of benzene rings is 3. The molecule has 3 aromatic carbocycles. The molecule has 0 aliphatic heterocycles. The van der Waals surface area contributed by atoms with Gasteiger partial charge in [-0.3, -0.25) is 4.79 Å². The summed E-state index contributed by atoms with van der Waals surface area (Å²) in [5.41, 5.74) is 1.93. The molecule has 1 amide bonds. The Balaban J connectivity index is 1.74. The lowest BCUT2D eigenvalue weighted by atomic mass is 10.1. The first-order chi connectivity index (χ1) is 15.0. The van der Waals surface area contributed by atoms with Crippen LogP contribution in [0.2, 0.25) is 0 Å². The minimum Gasteiger partial charge on any atom is -0.493 e. The molecule has 0 aliphatic rings. The van der Waals surface area contributed by atoms with Crippen molar-refractivity contribution < 1.29 is 18.7 Å². The van der Waals surface area contributed by atoms with Crippen LogP contribution < -0.4 is 14.8 Å². The van der Waals surface area contributed by atoms with E-state index in [1.54, 1.807) is 48.5 Å². The van der Waals surface area contributed by atoms with E-state index in [1.807, 2.05) is 12.1 Å². The number of carbonyl (C=O) groups excluding carboxylic acids is 1. The van der Waals surface area contributed by atoms with Crippen molar-refractivity contribution in [3.63, 3.8) is 0 Å². The topological polar surface area (TPSA) is 71.3 Å². The van der Waals surface area contributed by atoms with Gasteiger partial charge in [-0.05, 0) is 59.7 Å². The van der Waals surface area contributed by atoms with Gasteiger partial charge in [0, 0.05) is 10.2 Å². The molecule has 0 radical (unpaired) electrons. The fraction of sp³-hybridized carbons (Fsp3) is 0.0833. The molecule has 0 saturated carbocycles. The van der Waals surface area contributed by atoms with Gasteiger partial charge < -0.3 is 14.8 Å². The number of amides is 1. The molecule has 0 atom stereocenters. The second-order valence-electron chi connectivity index (χ2n) is 6.46. The van der Waals surface area contributed by atoms with Gasteiger partial charge in [0.2, 0.25) is 0 Å².